The van der Waals surface area contributed by atoms with E-state index in [0.29, 0.717) is 0 Å². The SMILES string of the molecule is C=CCNc1ccccn1.NC(=O)S. The van der Waals surface area contributed by atoms with Crippen molar-refractivity contribution in [3.63, 3.8) is 0 Å². The Kier molecular flexibility index (Phi) is 7.26. The molecule has 1 rings (SSSR count). The highest BCUT2D eigenvalue weighted by Gasteiger charge is 1.84. The van der Waals surface area contributed by atoms with Gasteiger partial charge in [-0.2, -0.15) is 0 Å². The Labute approximate surface area is 88.6 Å². The van der Waals surface area contributed by atoms with E-state index in [9.17, 15) is 0 Å². The first-order valence-corrected chi connectivity index (χ1v) is 4.35. The molecule has 0 atom stereocenters. The molecule has 1 aromatic heterocycles. The quantitative estimate of drug-likeness (QED) is 0.526. The molecule has 1 heterocycles. The van der Waals surface area contributed by atoms with Crippen molar-refractivity contribution in [2.75, 3.05) is 11.9 Å². The summed E-state index contributed by atoms with van der Waals surface area (Å²) in [5.74, 6) is 0.891. The number of nitrogens with two attached hydrogens (primary N) is 1. The van der Waals surface area contributed by atoms with Crippen molar-refractivity contribution in [2.24, 2.45) is 5.73 Å². The van der Waals surface area contributed by atoms with Gasteiger partial charge in [0, 0.05) is 12.7 Å². The molecule has 0 aliphatic rings. The molecular weight excluding hydrogens is 198 g/mol. The highest BCUT2D eigenvalue weighted by Crippen LogP contribution is 1.97. The number of rotatable bonds is 3. The van der Waals surface area contributed by atoms with Crippen LogP contribution in [0.15, 0.2) is 37.1 Å². The zero-order valence-corrected chi connectivity index (χ0v) is 8.58. The van der Waals surface area contributed by atoms with Crippen molar-refractivity contribution in [3.8, 4) is 0 Å². The van der Waals surface area contributed by atoms with Crippen molar-refractivity contribution in [2.45, 2.75) is 0 Å². The molecule has 1 amide bonds. The second-order valence-electron chi connectivity index (χ2n) is 2.22. The third kappa shape index (κ3) is 8.61. The minimum Gasteiger partial charge on any atom is -0.367 e. The number of hydrogen-bond donors (Lipinski definition) is 3. The number of carbonyl (C=O) groups excluding carboxylic acids is 1. The summed E-state index contributed by atoms with van der Waals surface area (Å²) in [6.07, 6.45) is 3.56. The van der Waals surface area contributed by atoms with E-state index in [-0.39, 0.29) is 0 Å². The highest BCUT2D eigenvalue weighted by molar-refractivity contribution is 7.96. The molecule has 1 aromatic rings. The highest BCUT2D eigenvalue weighted by atomic mass is 32.1. The maximum Gasteiger partial charge on any atom is 0.273 e. The normalized spacial score (nSPS) is 8.07. The molecule has 3 N–H and O–H groups in total. The second kappa shape index (κ2) is 8.12. The molecule has 4 nitrogen and oxygen atoms in total. The number of primary amides is 1. The standard InChI is InChI=1S/C8H10N2.CH3NOS/c1-2-6-9-8-5-3-4-7-10-8;2-1(3)4/h2-5,7H,1,6H2,(H,9,10);(H3,2,3,4). The molecular formula is C9H13N3OS. The smallest absolute Gasteiger partial charge is 0.273 e. The van der Waals surface area contributed by atoms with E-state index < -0.39 is 5.24 Å². The first-order chi connectivity index (χ1) is 6.66. The third-order valence-corrected chi connectivity index (χ3v) is 1.09. The van der Waals surface area contributed by atoms with E-state index in [1.807, 2.05) is 18.2 Å². The maximum atomic E-state index is 9.09. The fourth-order valence-corrected chi connectivity index (χ4v) is 0.644. The van der Waals surface area contributed by atoms with E-state index in [1.54, 1.807) is 12.3 Å². The number of hydrogen-bond acceptors (Lipinski definition) is 3. The fourth-order valence-electron chi connectivity index (χ4n) is 0.644. The van der Waals surface area contributed by atoms with Gasteiger partial charge in [-0.1, -0.05) is 24.8 Å². The van der Waals surface area contributed by atoms with Gasteiger partial charge in [-0.15, -0.1) is 6.58 Å². The number of anilines is 1. The van der Waals surface area contributed by atoms with E-state index in [2.05, 4.69) is 35.2 Å². The molecule has 0 spiro atoms. The van der Waals surface area contributed by atoms with Crippen LogP contribution in [0.1, 0.15) is 0 Å². The molecule has 0 saturated heterocycles. The van der Waals surface area contributed by atoms with E-state index >= 15 is 0 Å². The summed E-state index contributed by atoms with van der Waals surface area (Å²) in [4.78, 5) is 13.1. The minimum absolute atomic E-state index is 0.639. The van der Waals surface area contributed by atoms with Gasteiger partial charge in [-0.25, -0.2) is 4.98 Å². The Bertz CT molecular complexity index is 273. The van der Waals surface area contributed by atoms with Crippen molar-refractivity contribution in [1.82, 2.24) is 4.98 Å². The number of nitrogens with one attached hydrogen (secondary N) is 1. The van der Waals surface area contributed by atoms with Gasteiger partial charge in [0.05, 0.1) is 0 Å². The van der Waals surface area contributed by atoms with Crippen LogP contribution in [0.25, 0.3) is 0 Å². The van der Waals surface area contributed by atoms with Gasteiger partial charge < -0.3 is 11.1 Å². The number of thiol groups is 1. The zero-order valence-electron chi connectivity index (χ0n) is 7.68. The van der Waals surface area contributed by atoms with Gasteiger partial charge in [0.1, 0.15) is 5.82 Å². The van der Waals surface area contributed by atoms with Gasteiger partial charge in [0.15, 0.2) is 0 Å². The van der Waals surface area contributed by atoms with Crippen LogP contribution in [0.5, 0.6) is 0 Å². The summed E-state index contributed by atoms with van der Waals surface area (Å²) in [5, 5.41) is 2.43. The zero-order chi connectivity index (χ0) is 10.8. The van der Waals surface area contributed by atoms with Gasteiger partial charge >= 0.3 is 0 Å². The van der Waals surface area contributed by atoms with E-state index in [4.69, 9.17) is 4.79 Å². The number of amides is 1. The number of pyridine rings is 1. The van der Waals surface area contributed by atoms with Crippen LogP contribution in [0, 0.1) is 0 Å². The molecule has 0 radical (unpaired) electrons. The van der Waals surface area contributed by atoms with Crippen LogP contribution in [0.4, 0.5) is 10.6 Å². The predicted molar refractivity (Wildman–Crippen MR) is 61.5 cm³/mol. The summed E-state index contributed by atoms with van der Waals surface area (Å²) < 4.78 is 0. The lowest BCUT2D eigenvalue weighted by Crippen LogP contribution is -1.98. The predicted octanol–water partition coefficient (Wildman–Crippen LogP) is 1.67. The van der Waals surface area contributed by atoms with Gasteiger partial charge in [0.2, 0.25) is 0 Å². The van der Waals surface area contributed by atoms with E-state index in [1.165, 1.54) is 0 Å². The molecule has 0 bridgehead atoms. The average molecular weight is 211 g/mol. The summed E-state index contributed by atoms with van der Waals surface area (Å²) in [6.45, 7) is 4.35. The van der Waals surface area contributed by atoms with Crippen LogP contribution in [-0.2, 0) is 0 Å². The first kappa shape index (κ1) is 12.5. The van der Waals surface area contributed by atoms with E-state index in [0.717, 1.165) is 12.4 Å². The number of nitrogens with zero attached hydrogens (tertiary/aromatic N) is 1. The molecule has 0 saturated carbocycles. The third-order valence-electron chi connectivity index (χ3n) is 1.09. The van der Waals surface area contributed by atoms with Crippen LogP contribution in [0.2, 0.25) is 0 Å². The van der Waals surface area contributed by atoms with Gasteiger partial charge in [0.25, 0.3) is 5.24 Å². The van der Waals surface area contributed by atoms with Crippen molar-refractivity contribution in [3.05, 3.63) is 37.1 Å². The summed E-state index contributed by atoms with van der Waals surface area (Å²) >= 11 is 3.10. The fraction of sp³-hybridized carbons (Fsp3) is 0.111. The Morgan fingerprint density at radius 3 is 2.79 bits per heavy atom. The Morgan fingerprint density at radius 1 is 1.71 bits per heavy atom. The van der Waals surface area contributed by atoms with Crippen LogP contribution >= 0.6 is 12.6 Å². The van der Waals surface area contributed by atoms with Crippen LogP contribution in [-0.4, -0.2) is 16.8 Å². The average Bonchev–Trinajstić information content (AvgIpc) is 2.15. The lowest BCUT2D eigenvalue weighted by molar-refractivity contribution is 0.267. The summed E-state index contributed by atoms with van der Waals surface area (Å²) in [6, 6.07) is 5.75. The number of carbonyl (C=O) groups is 1. The lowest BCUT2D eigenvalue weighted by atomic mass is 10.4. The topological polar surface area (TPSA) is 68.0 Å². The maximum absolute atomic E-state index is 9.09. The monoisotopic (exact) mass is 211 g/mol. The van der Waals surface area contributed by atoms with Crippen molar-refractivity contribution >= 4 is 23.7 Å². The Balaban J connectivity index is 0.000000364. The van der Waals surface area contributed by atoms with Gasteiger partial charge in [-0.05, 0) is 12.1 Å². The Hall–Kier alpha value is -1.49. The number of aromatic nitrogens is 1. The molecule has 0 aromatic carbocycles. The molecule has 76 valence electrons. The molecule has 0 unspecified atom stereocenters. The van der Waals surface area contributed by atoms with Crippen LogP contribution in [0.3, 0.4) is 0 Å². The Morgan fingerprint density at radius 2 is 2.36 bits per heavy atom. The summed E-state index contributed by atoms with van der Waals surface area (Å²) in [7, 11) is 0. The lowest BCUT2D eigenvalue weighted by Gasteiger charge is -1.98. The molecule has 0 fully saturated rings. The van der Waals surface area contributed by atoms with Crippen LogP contribution < -0.4 is 11.1 Å². The molecule has 5 heteroatoms. The molecule has 0 aliphatic carbocycles. The second-order valence-corrected chi connectivity index (χ2v) is 2.66. The molecule has 14 heavy (non-hydrogen) atoms. The first-order valence-electron chi connectivity index (χ1n) is 3.91. The largest absolute Gasteiger partial charge is 0.367 e. The van der Waals surface area contributed by atoms with Crippen molar-refractivity contribution < 1.29 is 4.79 Å². The summed E-state index contributed by atoms with van der Waals surface area (Å²) in [5.41, 5.74) is 4.34. The minimum atomic E-state index is -0.639. The van der Waals surface area contributed by atoms with Gasteiger partial charge in [-0.3, -0.25) is 4.79 Å². The molecule has 0 aliphatic heterocycles. The van der Waals surface area contributed by atoms with Crippen molar-refractivity contribution in [1.29, 1.82) is 0 Å².